The lowest BCUT2D eigenvalue weighted by molar-refractivity contribution is 0.356. The fraction of sp³-hybridized carbons (Fsp3) is 0.308. The molecule has 7 nitrogen and oxygen atoms in total. The van der Waals surface area contributed by atoms with Crippen LogP contribution in [0.4, 0.5) is 5.82 Å². The first-order valence-corrected chi connectivity index (χ1v) is 7.65. The van der Waals surface area contributed by atoms with Crippen LogP contribution >= 0.6 is 0 Å². The second kappa shape index (κ2) is 5.18. The van der Waals surface area contributed by atoms with Gasteiger partial charge in [-0.1, -0.05) is 0 Å². The molecular weight excluding hydrogens is 290 g/mol. The van der Waals surface area contributed by atoms with Gasteiger partial charge in [0.2, 0.25) is 0 Å². The second-order valence-electron chi connectivity index (χ2n) is 5.41. The minimum Gasteiger partial charge on any atom is -0.264 e. The average molecular weight is 305 g/mol. The molecule has 0 spiro atoms. The van der Waals surface area contributed by atoms with E-state index in [1.54, 1.807) is 4.68 Å². The Morgan fingerprint density at radius 3 is 2.62 bits per heavy atom. The number of nitrogens with zero attached hydrogens (tertiary/aromatic N) is 4. The van der Waals surface area contributed by atoms with Crippen LogP contribution in [0.5, 0.6) is 0 Å². The normalized spacial score (nSPS) is 11.9. The minimum atomic E-state index is -3.82. The van der Waals surface area contributed by atoms with E-state index in [1.165, 1.54) is 30.7 Å². The maximum absolute atomic E-state index is 12.2. The van der Waals surface area contributed by atoms with Gasteiger partial charge in [0.15, 0.2) is 5.82 Å². The quantitative estimate of drug-likeness (QED) is 0.930. The zero-order valence-corrected chi connectivity index (χ0v) is 12.7. The maximum Gasteiger partial charge on any atom is 0.264 e. The highest BCUT2D eigenvalue weighted by Crippen LogP contribution is 2.21. The SMILES string of the molecule is CC(C)(C)n1cc(C#N)c(NS(=O)(=O)c2cccnc2)n1. The molecule has 0 saturated carbocycles. The van der Waals surface area contributed by atoms with Crippen molar-refractivity contribution in [3.63, 3.8) is 0 Å². The lowest BCUT2D eigenvalue weighted by Crippen LogP contribution is -2.22. The lowest BCUT2D eigenvalue weighted by Gasteiger charge is -2.18. The van der Waals surface area contributed by atoms with Crippen LogP contribution in [0.25, 0.3) is 0 Å². The third-order valence-corrected chi connectivity index (χ3v) is 4.02. The van der Waals surface area contributed by atoms with Crippen molar-refractivity contribution in [3.05, 3.63) is 36.3 Å². The number of nitriles is 1. The highest BCUT2D eigenvalue weighted by molar-refractivity contribution is 7.92. The zero-order chi connectivity index (χ0) is 15.7. The number of nitrogens with one attached hydrogen (secondary N) is 1. The Morgan fingerprint density at radius 1 is 1.38 bits per heavy atom. The summed E-state index contributed by atoms with van der Waals surface area (Å²) in [7, 11) is -3.82. The van der Waals surface area contributed by atoms with Gasteiger partial charge >= 0.3 is 0 Å². The van der Waals surface area contributed by atoms with Crippen molar-refractivity contribution in [3.8, 4) is 6.07 Å². The third-order valence-electron chi connectivity index (χ3n) is 2.70. The summed E-state index contributed by atoms with van der Waals surface area (Å²) in [6, 6.07) is 4.88. The largest absolute Gasteiger partial charge is 0.264 e. The molecule has 110 valence electrons. The monoisotopic (exact) mass is 305 g/mol. The molecule has 0 unspecified atom stereocenters. The molecule has 2 rings (SSSR count). The summed E-state index contributed by atoms with van der Waals surface area (Å²) in [5.41, 5.74) is -0.193. The van der Waals surface area contributed by atoms with Gasteiger partial charge in [0.25, 0.3) is 10.0 Å². The summed E-state index contributed by atoms with van der Waals surface area (Å²) in [4.78, 5) is 3.78. The van der Waals surface area contributed by atoms with Crippen LogP contribution in [0, 0.1) is 11.3 Å². The Hall–Kier alpha value is -2.40. The van der Waals surface area contributed by atoms with Gasteiger partial charge in [0.05, 0.1) is 5.54 Å². The predicted molar refractivity (Wildman–Crippen MR) is 77.0 cm³/mol. The van der Waals surface area contributed by atoms with Gasteiger partial charge in [-0.15, -0.1) is 0 Å². The molecule has 21 heavy (non-hydrogen) atoms. The molecule has 0 aliphatic rings. The van der Waals surface area contributed by atoms with Gasteiger partial charge < -0.3 is 0 Å². The summed E-state index contributed by atoms with van der Waals surface area (Å²) in [5.74, 6) is 0.0104. The number of rotatable bonds is 3. The summed E-state index contributed by atoms with van der Waals surface area (Å²) in [5, 5.41) is 13.3. The van der Waals surface area contributed by atoms with E-state index < -0.39 is 10.0 Å². The molecule has 2 aromatic heterocycles. The highest BCUT2D eigenvalue weighted by atomic mass is 32.2. The molecule has 0 radical (unpaired) electrons. The molecule has 0 amide bonds. The van der Waals surface area contributed by atoms with Gasteiger partial charge in [-0.25, -0.2) is 8.42 Å². The molecular formula is C13H15N5O2S. The molecule has 0 bridgehead atoms. The second-order valence-corrected chi connectivity index (χ2v) is 7.10. The first kappa shape index (κ1) is 15.0. The van der Waals surface area contributed by atoms with E-state index in [1.807, 2.05) is 26.8 Å². The van der Waals surface area contributed by atoms with E-state index in [9.17, 15) is 8.42 Å². The number of pyridine rings is 1. The number of sulfonamides is 1. The Morgan fingerprint density at radius 2 is 2.10 bits per heavy atom. The molecule has 0 aromatic carbocycles. The molecule has 2 aromatic rings. The van der Waals surface area contributed by atoms with E-state index in [0.717, 1.165) is 0 Å². The smallest absolute Gasteiger partial charge is 0.264 e. The Balaban J connectivity index is 2.41. The topological polar surface area (TPSA) is 101 Å². The Kier molecular flexibility index (Phi) is 3.70. The predicted octanol–water partition coefficient (Wildman–Crippen LogP) is 1.71. The summed E-state index contributed by atoms with van der Waals surface area (Å²) < 4.78 is 28.3. The van der Waals surface area contributed by atoms with Crippen LogP contribution in [0.1, 0.15) is 26.3 Å². The maximum atomic E-state index is 12.2. The number of anilines is 1. The van der Waals surface area contributed by atoms with Crippen molar-refractivity contribution in [2.75, 3.05) is 4.72 Å². The molecule has 0 saturated heterocycles. The van der Waals surface area contributed by atoms with Gasteiger partial charge in [-0.3, -0.25) is 14.4 Å². The van der Waals surface area contributed by atoms with E-state index in [-0.39, 0.29) is 21.8 Å². The van der Waals surface area contributed by atoms with Crippen molar-refractivity contribution < 1.29 is 8.42 Å². The fourth-order valence-electron chi connectivity index (χ4n) is 1.57. The molecule has 0 aliphatic heterocycles. The van der Waals surface area contributed by atoms with Crippen molar-refractivity contribution in [1.82, 2.24) is 14.8 Å². The van der Waals surface area contributed by atoms with E-state index in [4.69, 9.17) is 5.26 Å². The van der Waals surface area contributed by atoms with E-state index >= 15 is 0 Å². The number of hydrogen-bond donors (Lipinski definition) is 1. The van der Waals surface area contributed by atoms with Crippen LogP contribution in [-0.2, 0) is 15.6 Å². The lowest BCUT2D eigenvalue weighted by atomic mass is 10.1. The van der Waals surface area contributed by atoms with Crippen LogP contribution in [0.3, 0.4) is 0 Å². The van der Waals surface area contributed by atoms with Crippen LogP contribution < -0.4 is 4.72 Å². The summed E-state index contributed by atoms with van der Waals surface area (Å²) in [6.07, 6.45) is 4.23. The van der Waals surface area contributed by atoms with Crippen molar-refractivity contribution in [1.29, 1.82) is 5.26 Å². The Labute approximate surface area is 123 Å². The average Bonchev–Trinajstić information content (AvgIpc) is 2.82. The van der Waals surface area contributed by atoms with E-state index in [0.29, 0.717) is 0 Å². The van der Waals surface area contributed by atoms with Gasteiger partial charge in [0.1, 0.15) is 16.5 Å². The highest BCUT2D eigenvalue weighted by Gasteiger charge is 2.22. The first-order chi connectivity index (χ1) is 9.74. The summed E-state index contributed by atoms with van der Waals surface area (Å²) in [6.45, 7) is 5.71. The molecule has 0 atom stereocenters. The van der Waals surface area contributed by atoms with E-state index in [2.05, 4.69) is 14.8 Å². The van der Waals surface area contributed by atoms with Crippen LogP contribution in [0.15, 0.2) is 35.6 Å². The molecule has 0 fully saturated rings. The molecule has 0 aliphatic carbocycles. The third kappa shape index (κ3) is 3.20. The fourth-order valence-corrected chi connectivity index (χ4v) is 2.55. The van der Waals surface area contributed by atoms with Crippen LogP contribution in [0.2, 0.25) is 0 Å². The van der Waals surface area contributed by atoms with Crippen molar-refractivity contribution in [2.45, 2.75) is 31.2 Å². The van der Waals surface area contributed by atoms with Crippen molar-refractivity contribution in [2.24, 2.45) is 0 Å². The zero-order valence-electron chi connectivity index (χ0n) is 11.9. The molecule has 8 heteroatoms. The Bertz CT molecular complexity index is 782. The van der Waals surface area contributed by atoms with Gasteiger partial charge in [-0.2, -0.15) is 10.4 Å². The van der Waals surface area contributed by atoms with Crippen LogP contribution in [-0.4, -0.2) is 23.2 Å². The first-order valence-electron chi connectivity index (χ1n) is 6.17. The number of hydrogen-bond acceptors (Lipinski definition) is 5. The number of aromatic nitrogens is 3. The minimum absolute atomic E-state index is 0.0104. The van der Waals surface area contributed by atoms with Gasteiger partial charge in [-0.05, 0) is 32.9 Å². The van der Waals surface area contributed by atoms with Gasteiger partial charge in [0, 0.05) is 18.6 Å². The van der Waals surface area contributed by atoms with Crippen molar-refractivity contribution >= 4 is 15.8 Å². The standard InChI is InChI=1S/C13H15N5O2S/c1-13(2,3)18-9-10(7-14)12(16-18)17-21(19,20)11-5-4-6-15-8-11/h4-6,8-9H,1-3H3,(H,16,17). The molecule has 1 N–H and O–H groups in total. The summed E-state index contributed by atoms with van der Waals surface area (Å²) >= 11 is 0. The molecule has 2 heterocycles.